The smallest absolute Gasteiger partial charge is 0.126 e. The van der Waals surface area contributed by atoms with E-state index < -0.39 is 0 Å². The number of halogens is 1. The van der Waals surface area contributed by atoms with Crippen LogP contribution in [0.1, 0.15) is 50.7 Å². The number of furan rings is 1. The van der Waals surface area contributed by atoms with E-state index in [2.05, 4.69) is 47.1 Å². The number of hydrogen-bond donors (Lipinski definition) is 1. The summed E-state index contributed by atoms with van der Waals surface area (Å²) in [5.41, 5.74) is 1.11. The molecule has 0 saturated heterocycles. The number of nitrogens with one attached hydrogen (secondary N) is 1. The van der Waals surface area contributed by atoms with Gasteiger partial charge in [-0.25, -0.2) is 0 Å². The Hall–Kier alpha value is -1.07. The van der Waals surface area contributed by atoms with E-state index in [1.807, 2.05) is 23.0 Å². The molecule has 0 aliphatic heterocycles. The van der Waals surface area contributed by atoms with Crippen LogP contribution < -0.4 is 5.32 Å². The summed E-state index contributed by atoms with van der Waals surface area (Å²) in [5.74, 6) is 0.913. The van der Waals surface area contributed by atoms with E-state index in [0.29, 0.717) is 6.04 Å². The monoisotopic (exact) mass is 325 g/mol. The number of rotatable bonds is 6. The third kappa shape index (κ3) is 3.09. The molecule has 0 radical (unpaired) electrons. The molecule has 0 fully saturated rings. The summed E-state index contributed by atoms with van der Waals surface area (Å²) in [6, 6.07) is 4.24. The Bertz CT molecular complexity index is 505. The van der Waals surface area contributed by atoms with Crippen molar-refractivity contribution in [3.05, 3.63) is 40.5 Å². The number of nitrogens with zero attached hydrogens (tertiary/aromatic N) is 2. The van der Waals surface area contributed by atoms with Crippen LogP contribution in [0.5, 0.6) is 0 Å². The Labute approximate surface area is 122 Å². The van der Waals surface area contributed by atoms with Crippen molar-refractivity contribution in [2.45, 2.75) is 39.3 Å². The fraction of sp³-hybridized carbons (Fsp3) is 0.500. The van der Waals surface area contributed by atoms with Crippen molar-refractivity contribution >= 4 is 15.9 Å². The lowest BCUT2D eigenvalue weighted by atomic mass is 10.1. The molecule has 0 saturated carbocycles. The van der Waals surface area contributed by atoms with Crippen molar-refractivity contribution in [2.75, 3.05) is 6.54 Å². The van der Waals surface area contributed by atoms with Gasteiger partial charge in [-0.05, 0) is 54.9 Å². The van der Waals surface area contributed by atoms with E-state index in [1.54, 1.807) is 6.26 Å². The first-order valence-corrected chi connectivity index (χ1v) is 7.44. The van der Waals surface area contributed by atoms with E-state index in [-0.39, 0.29) is 6.04 Å². The molecule has 1 N–H and O–H groups in total. The first-order chi connectivity index (χ1) is 9.15. The van der Waals surface area contributed by atoms with Gasteiger partial charge in [0.1, 0.15) is 11.8 Å². The van der Waals surface area contributed by atoms with E-state index in [4.69, 9.17) is 4.42 Å². The van der Waals surface area contributed by atoms with Gasteiger partial charge in [0.2, 0.25) is 0 Å². The molecule has 1 atom stereocenters. The summed E-state index contributed by atoms with van der Waals surface area (Å²) in [4.78, 5) is 0. The molecule has 1 unspecified atom stereocenters. The number of hydrogen-bond acceptors (Lipinski definition) is 3. The summed E-state index contributed by atoms with van der Waals surface area (Å²) < 4.78 is 8.62. The van der Waals surface area contributed by atoms with Crippen LogP contribution in [-0.2, 0) is 0 Å². The van der Waals surface area contributed by atoms with Crippen molar-refractivity contribution in [3.63, 3.8) is 0 Å². The normalized spacial score (nSPS) is 13.1. The third-order valence-electron chi connectivity index (χ3n) is 2.98. The van der Waals surface area contributed by atoms with Gasteiger partial charge in [-0.15, -0.1) is 0 Å². The van der Waals surface area contributed by atoms with Crippen LogP contribution >= 0.6 is 15.9 Å². The average Bonchev–Trinajstić information content (AvgIpc) is 3.01. The zero-order chi connectivity index (χ0) is 13.8. The molecule has 4 nitrogen and oxygen atoms in total. The van der Waals surface area contributed by atoms with E-state index in [9.17, 15) is 0 Å². The maximum atomic E-state index is 5.58. The van der Waals surface area contributed by atoms with Gasteiger partial charge in [-0.2, -0.15) is 5.10 Å². The molecule has 5 heteroatoms. The maximum Gasteiger partial charge on any atom is 0.126 e. The van der Waals surface area contributed by atoms with Crippen LogP contribution in [0.25, 0.3) is 0 Å². The Morgan fingerprint density at radius 3 is 2.84 bits per heavy atom. The van der Waals surface area contributed by atoms with Gasteiger partial charge < -0.3 is 9.73 Å². The van der Waals surface area contributed by atoms with Crippen LogP contribution in [0.4, 0.5) is 0 Å². The standard InChI is InChI=1S/C14H20BrN3O/c1-4-7-16-13(12-6-5-8-19-12)14-11(15)9-17-18(14)10(2)3/h5-6,8-10,13,16H,4,7H2,1-3H3. The molecule has 2 rings (SSSR count). The average molecular weight is 326 g/mol. The minimum Gasteiger partial charge on any atom is -0.467 e. The molecule has 2 aromatic rings. The predicted octanol–water partition coefficient (Wildman–Crippen LogP) is 3.91. The first-order valence-electron chi connectivity index (χ1n) is 6.64. The lowest BCUT2D eigenvalue weighted by molar-refractivity contribution is 0.411. The summed E-state index contributed by atoms with van der Waals surface area (Å²) >= 11 is 3.60. The fourth-order valence-corrected chi connectivity index (χ4v) is 2.61. The zero-order valence-electron chi connectivity index (χ0n) is 11.6. The van der Waals surface area contributed by atoms with E-state index in [1.165, 1.54) is 0 Å². The minimum atomic E-state index is 0.0224. The molecule has 2 aromatic heterocycles. The Balaban J connectivity index is 2.40. The van der Waals surface area contributed by atoms with Crippen molar-refractivity contribution in [3.8, 4) is 0 Å². The molecule has 0 aromatic carbocycles. The largest absolute Gasteiger partial charge is 0.467 e. The predicted molar refractivity (Wildman–Crippen MR) is 79.2 cm³/mol. The van der Waals surface area contributed by atoms with Gasteiger partial charge >= 0.3 is 0 Å². The molecule has 0 amide bonds. The van der Waals surface area contributed by atoms with Gasteiger partial charge in [0.25, 0.3) is 0 Å². The lowest BCUT2D eigenvalue weighted by Crippen LogP contribution is -2.26. The molecule has 0 bridgehead atoms. The van der Waals surface area contributed by atoms with Gasteiger partial charge in [-0.1, -0.05) is 6.92 Å². The number of aromatic nitrogens is 2. The van der Waals surface area contributed by atoms with Crippen LogP contribution in [-0.4, -0.2) is 16.3 Å². The SMILES string of the molecule is CCCNC(c1ccco1)c1c(Br)cnn1C(C)C. The summed E-state index contributed by atoms with van der Waals surface area (Å²) in [5, 5.41) is 7.97. The Morgan fingerprint density at radius 1 is 1.47 bits per heavy atom. The van der Waals surface area contributed by atoms with Gasteiger partial charge in [0.15, 0.2) is 0 Å². The zero-order valence-corrected chi connectivity index (χ0v) is 13.1. The molecular weight excluding hydrogens is 306 g/mol. The summed E-state index contributed by atoms with van der Waals surface area (Å²) in [6.45, 7) is 7.34. The summed E-state index contributed by atoms with van der Waals surface area (Å²) in [6.07, 6.45) is 4.63. The fourth-order valence-electron chi connectivity index (χ4n) is 2.11. The van der Waals surface area contributed by atoms with Crippen LogP contribution in [0.2, 0.25) is 0 Å². The Kier molecular flexibility index (Phi) is 4.82. The second kappa shape index (κ2) is 6.39. The highest BCUT2D eigenvalue weighted by molar-refractivity contribution is 9.10. The molecular formula is C14H20BrN3O. The summed E-state index contributed by atoms with van der Waals surface area (Å²) in [7, 11) is 0. The van der Waals surface area contributed by atoms with E-state index >= 15 is 0 Å². The molecule has 0 aliphatic carbocycles. The van der Waals surface area contributed by atoms with E-state index in [0.717, 1.165) is 28.9 Å². The second-order valence-corrected chi connectivity index (χ2v) is 5.67. The topological polar surface area (TPSA) is 43.0 Å². The van der Waals surface area contributed by atoms with Crippen LogP contribution in [0.3, 0.4) is 0 Å². The molecule has 19 heavy (non-hydrogen) atoms. The molecule has 104 valence electrons. The first kappa shape index (κ1) is 14.3. The van der Waals surface area contributed by atoms with Crippen molar-refractivity contribution < 1.29 is 4.42 Å². The van der Waals surface area contributed by atoms with Crippen LogP contribution in [0, 0.1) is 0 Å². The van der Waals surface area contributed by atoms with Gasteiger partial charge in [0.05, 0.1) is 22.6 Å². The Morgan fingerprint density at radius 2 is 2.26 bits per heavy atom. The minimum absolute atomic E-state index is 0.0224. The second-order valence-electron chi connectivity index (χ2n) is 4.82. The highest BCUT2D eigenvalue weighted by Crippen LogP contribution is 2.30. The highest BCUT2D eigenvalue weighted by atomic mass is 79.9. The maximum absolute atomic E-state index is 5.58. The van der Waals surface area contributed by atoms with Gasteiger partial charge in [0, 0.05) is 6.04 Å². The van der Waals surface area contributed by atoms with Crippen molar-refractivity contribution in [1.29, 1.82) is 0 Å². The quantitative estimate of drug-likeness (QED) is 0.875. The van der Waals surface area contributed by atoms with Crippen LogP contribution in [0.15, 0.2) is 33.5 Å². The molecule has 0 spiro atoms. The van der Waals surface area contributed by atoms with Crippen molar-refractivity contribution in [2.24, 2.45) is 0 Å². The van der Waals surface area contributed by atoms with Crippen molar-refractivity contribution in [1.82, 2.24) is 15.1 Å². The highest BCUT2D eigenvalue weighted by Gasteiger charge is 2.24. The lowest BCUT2D eigenvalue weighted by Gasteiger charge is -2.20. The molecule has 2 heterocycles. The molecule has 0 aliphatic rings. The third-order valence-corrected chi connectivity index (χ3v) is 3.59. The van der Waals surface area contributed by atoms with Gasteiger partial charge in [-0.3, -0.25) is 4.68 Å².